The maximum Gasteiger partial charge on any atom is 0.308 e. The Labute approximate surface area is 112 Å². The van der Waals surface area contributed by atoms with Crippen LogP contribution in [0.15, 0.2) is 10.6 Å². The molecule has 0 bridgehead atoms. The minimum absolute atomic E-state index is 0.0901. The fourth-order valence-electron chi connectivity index (χ4n) is 1.61. The third-order valence-electron chi connectivity index (χ3n) is 2.65. The van der Waals surface area contributed by atoms with E-state index < -0.39 is 11.9 Å². The number of carboxylic acids is 1. The first-order chi connectivity index (χ1) is 8.81. The summed E-state index contributed by atoms with van der Waals surface area (Å²) in [6, 6.07) is 1.63. The zero-order valence-electron chi connectivity index (χ0n) is 11.7. The van der Waals surface area contributed by atoms with E-state index in [0.717, 1.165) is 0 Å². The summed E-state index contributed by atoms with van der Waals surface area (Å²) in [6.07, 6.45) is 0.345. The number of carbonyl (C=O) groups is 2. The monoisotopic (exact) mass is 268 g/mol. The largest absolute Gasteiger partial charge is 0.481 e. The zero-order chi connectivity index (χ0) is 14.6. The molecule has 6 heteroatoms. The van der Waals surface area contributed by atoms with Gasteiger partial charge in [0.05, 0.1) is 5.92 Å². The van der Waals surface area contributed by atoms with Crippen LogP contribution < -0.4 is 4.90 Å². The van der Waals surface area contributed by atoms with E-state index in [4.69, 9.17) is 9.63 Å². The Kier molecular flexibility index (Phi) is 5.09. The Bertz CT molecular complexity index is 453. The van der Waals surface area contributed by atoms with Crippen LogP contribution in [-0.4, -0.2) is 28.7 Å². The Balaban J connectivity index is 2.90. The highest BCUT2D eigenvalue weighted by molar-refractivity contribution is 5.93. The molecule has 0 aliphatic heterocycles. The molecule has 0 saturated carbocycles. The summed E-state index contributed by atoms with van der Waals surface area (Å²) in [5, 5.41) is 12.8. The number of aryl methyl sites for hydroxylation is 1. The standard InChI is InChI=1S/C13H20N2O4/c1-8(2)5-12(16)15(7-9(3)13(17)18)11-6-10(4)19-14-11/h6,8-9H,5,7H2,1-4H3,(H,17,18). The summed E-state index contributed by atoms with van der Waals surface area (Å²) >= 11 is 0. The summed E-state index contributed by atoms with van der Waals surface area (Å²) in [5.41, 5.74) is 0. The van der Waals surface area contributed by atoms with Crippen LogP contribution in [-0.2, 0) is 9.59 Å². The van der Waals surface area contributed by atoms with Crippen molar-refractivity contribution in [2.45, 2.75) is 34.1 Å². The van der Waals surface area contributed by atoms with Crippen LogP contribution in [0.25, 0.3) is 0 Å². The van der Waals surface area contributed by atoms with E-state index in [9.17, 15) is 9.59 Å². The van der Waals surface area contributed by atoms with E-state index in [-0.39, 0.29) is 18.4 Å². The zero-order valence-corrected chi connectivity index (χ0v) is 11.7. The lowest BCUT2D eigenvalue weighted by molar-refractivity contribution is -0.140. The van der Waals surface area contributed by atoms with E-state index in [1.165, 1.54) is 4.90 Å². The van der Waals surface area contributed by atoms with Crippen molar-refractivity contribution in [3.05, 3.63) is 11.8 Å². The minimum atomic E-state index is -0.942. The third kappa shape index (κ3) is 4.39. The van der Waals surface area contributed by atoms with Gasteiger partial charge in [0.15, 0.2) is 5.82 Å². The number of aliphatic carboxylic acids is 1. The molecule has 1 amide bonds. The number of amides is 1. The van der Waals surface area contributed by atoms with E-state index in [2.05, 4.69) is 5.16 Å². The Morgan fingerprint density at radius 3 is 2.47 bits per heavy atom. The summed E-state index contributed by atoms with van der Waals surface area (Å²) < 4.78 is 4.95. The van der Waals surface area contributed by atoms with Crippen molar-refractivity contribution in [2.24, 2.45) is 11.8 Å². The Hall–Kier alpha value is -1.85. The second-order valence-electron chi connectivity index (χ2n) is 5.14. The average molecular weight is 268 g/mol. The van der Waals surface area contributed by atoms with Gasteiger partial charge < -0.3 is 9.63 Å². The molecular weight excluding hydrogens is 248 g/mol. The molecule has 1 heterocycles. The highest BCUT2D eigenvalue weighted by atomic mass is 16.5. The second-order valence-corrected chi connectivity index (χ2v) is 5.14. The smallest absolute Gasteiger partial charge is 0.308 e. The van der Waals surface area contributed by atoms with Crippen molar-refractivity contribution in [1.82, 2.24) is 5.16 Å². The molecule has 1 atom stereocenters. The van der Waals surface area contributed by atoms with Gasteiger partial charge in [0.1, 0.15) is 5.76 Å². The fourth-order valence-corrected chi connectivity index (χ4v) is 1.61. The van der Waals surface area contributed by atoms with Crippen molar-refractivity contribution in [1.29, 1.82) is 0 Å². The molecule has 1 unspecified atom stereocenters. The van der Waals surface area contributed by atoms with Crippen molar-refractivity contribution >= 4 is 17.7 Å². The van der Waals surface area contributed by atoms with Gasteiger partial charge in [0, 0.05) is 19.0 Å². The van der Waals surface area contributed by atoms with E-state index in [0.29, 0.717) is 18.0 Å². The molecule has 0 fully saturated rings. The van der Waals surface area contributed by atoms with Crippen LogP contribution in [0.1, 0.15) is 33.0 Å². The average Bonchev–Trinajstić information content (AvgIpc) is 2.70. The highest BCUT2D eigenvalue weighted by Crippen LogP contribution is 2.18. The topological polar surface area (TPSA) is 83.6 Å². The molecule has 106 valence electrons. The minimum Gasteiger partial charge on any atom is -0.481 e. The molecule has 0 spiro atoms. The number of aromatic nitrogens is 1. The number of carbonyl (C=O) groups excluding carboxylic acids is 1. The predicted octanol–water partition coefficient (Wildman–Crippen LogP) is 2.08. The molecule has 19 heavy (non-hydrogen) atoms. The summed E-state index contributed by atoms with van der Waals surface area (Å²) in [7, 11) is 0. The van der Waals surface area contributed by atoms with E-state index in [1.54, 1.807) is 19.9 Å². The lowest BCUT2D eigenvalue weighted by atomic mass is 10.1. The molecular formula is C13H20N2O4. The molecule has 0 saturated heterocycles. The van der Waals surface area contributed by atoms with Crippen LogP contribution in [0.4, 0.5) is 5.82 Å². The Morgan fingerprint density at radius 2 is 2.05 bits per heavy atom. The van der Waals surface area contributed by atoms with Gasteiger partial charge in [0.2, 0.25) is 5.91 Å². The van der Waals surface area contributed by atoms with Gasteiger partial charge in [-0.25, -0.2) is 0 Å². The number of anilines is 1. The predicted molar refractivity (Wildman–Crippen MR) is 69.8 cm³/mol. The van der Waals surface area contributed by atoms with Crippen molar-refractivity contribution in [2.75, 3.05) is 11.4 Å². The van der Waals surface area contributed by atoms with Gasteiger partial charge in [-0.05, 0) is 12.8 Å². The summed E-state index contributed by atoms with van der Waals surface area (Å²) in [6.45, 7) is 7.25. The number of nitrogens with zero attached hydrogens (tertiary/aromatic N) is 2. The normalized spacial score (nSPS) is 12.5. The number of hydrogen-bond acceptors (Lipinski definition) is 4. The Morgan fingerprint density at radius 1 is 1.42 bits per heavy atom. The molecule has 0 radical (unpaired) electrons. The first kappa shape index (κ1) is 15.2. The summed E-state index contributed by atoms with van der Waals surface area (Å²) in [5.74, 6) is -0.591. The first-order valence-electron chi connectivity index (χ1n) is 6.27. The van der Waals surface area contributed by atoms with Crippen LogP contribution in [0.3, 0.4) is 0 Å². The molecule has 0 aliphatic carbocycles. The molecule has 1 N–H and O–H groups in total. The van der Waals surface area contributed by atoms with Gasteiger partial charge in [-0.3, -0.25) is 14.5 Å². The van der Waals surface area contributed by atoms with Crippen molar-refractivity contribution in [3.63, 3.8) is 0 Å². The molecule has 0 aliphatic rings. The van der Waals surface area contributed by atoms with Gasteiger partial charge >= 0.3 is 5.97 Å². The van der Waals surface area contributed by atoms with Crippen molar-refractivity contribution < 1.29 is 19.2 Å². The van der Waals surface area contributed by atoms with Crippen LogP contribution in [0, 0.1) is 18.8 Å². The number of carboxylic acid groups (broad SMARTS) is 1. The first-order valence-corrected chi connectivity index (χ1v) is 6.27. The van der Waals surface area contributed by atoms with Crippen molar-refractivity contribution in [3.8, 4) is 0 Å². The van der Waals surface area contributed by atoms with E-state index in [1.807, 2.05) is 13.8 Å². The third-order valence-corrected chi connectivity index (χ3v) is 2.65. The van der Waals surface area contributed by atoms with Gasteiger partial charge in [-0.2, -0.15) is 0 Å². The molecule has 0 aromatic carbocycles. The fraction of sp³-hybridized carbons (Fsp3) is 0.615. The highest BCUT2D eigenvalue weighted by Gasteiger charge is 2.24. The SMILES string of the molecule is Cc1cc(N(CC(C)C(=O)O)C(=O)CC(C)C)no1. The van der Waals surface area contributed by atoms with Gasteiger partial charge in [-0.1, -0.05) is 25.9 Å². The number of hydrogen-bond donors (Lipinski definition) is 1. The lowest BCUT2D eigenvalue weighted by Gasteiger charge is -2.22. The van der Waals surface area contributed by atoms with Gasteiger partial charge in [-0.15, -0.1) is 0 Å². The van der Waals surface area contributed by atoms with E-state index >= 15 is 0 Å². The number of rotatable bonds is 6. The summed E-state index contributed by atoms with van der Waals surface area (Å²) in [4.78, 5) is 24.5. The van der Waals surface area contributed by atoms with Crippen LogP contribution >= 0.6 is 0 Å². The lowest BCUT2D eigenvalue weighted by Crippen LogP contribution is -2.37. The molecule has 6 nitrogen and oxygen atoms in total. The van der Waals surface area contributed by atoms with Gasteiger partial charge in [0.25, 0.3) is 0 Å². The van der Waals surface area contributed by atoms with Crippen LogP contribution in [0.2, 0.25) is 0 Å². The van der Waals surface area contributed by atoms with Crippen LogP contribution in [0.5, 0.6) is 0 Å². The molecule has 1 aromatic rings. The molecule has 1 aromatic heterocycles. The molecule has 1 rings (SSSR count). The quantitative estimate of drug-likeness (QED) is 0.854. The second kappa shape index (κ2) is 6.36. The maximum atomic E-state index is 12.2. The maximum absolute atomic E-state index is 12.2.